The van der Waals surface area contributed by atoms with E-state index in [9.17, 15) is 13.6 Å². The molecule has 1 amide bonds. The minimum atomic E-state index is -2.90. The van der Waals surface area contributed by atoms with Crippen LogP contribution in [0.5, 0.6) is 5.75 Å². The molecule has 2 N–H and O–H groups in total. The first kappa shape index (κ1) is 13.1. The third-order valence-corrected chi connectivity index (χ3v) is 2.44. The maximum atomic E-state index is 12.1. The van der Waals surface area contributed by atoms with Crippen LogP contribution < -0.4 is 10.1 Å². The fraction of sp³-hybridized carbons (Fsp3) is 0.154. The van der Waals surface area contributed by atoms with E-state index in [2.05, 4.69) is 15.0 Å². The third kappa shape index (κ3) is 3.80. The van der Waals surface area contributed by atoms with Crippen molar-refractivity contribution in [3.8, 4) is 5.75 Å². The van der Waals surface area contributed by atoms with E-state index >= 15 is 0 Å². The summed E-state index contributed by atoms with van der Waals surface area (Å²) in [6.45, 7) is -2.54. The Labute approximate surface area is 108 Å². The van der Waals surface area contributed by atoms with E-state index in [-0.39, 0.29) is 17.2 Å². The Morgan fingerprint density at radius 3 is 2.89 bits per heavy atom. The number of ether oxygens (including phenoxy) is 1. The third-order valence-electron chi connectivity index (χ3n) is 2.44. The van der Waals surface area contributed by atoms with Crippen molar-refractivity contribution in [3.05, 3.63) is 53.9 Å². The van der Waals surface area contributed by atoms with Gasteiger partial charge < -0.3 is 15.0 Å². The molecule has 2 rings (SSSR count). The number of rotatable bonds is 5. The van der Waals surface area contributed by atoms with E-state index in [1.165, 1.54) is 24.3 Å². The lowest BCUT2D eigenvalue weighted by molar-refractivity contribution is -0.0498. The predicted molar refractivity (Wildman–Crippen MR) is 65.0 cm³/mol. The topological polar surface area (TPSA) is 54.1 Å². The number of carbonyl (C=O) groups is 1. The van der Waals surface area contributed by atoms with E-state index in [0.29, 0.717) is 6.54 Å². The van der Waals surface area contributed by atoms with Crippen molar-refractivity contribution in [1.82, 2.24) is 10.3 Å². The molecule has 0 aliphatic heterocycles. The Morgan fingerprint density at radius 2 is 2.21 bits per heavy atom. The van der Waals surface area contributed by atoms with Crippen LogP contribution in [-0.4, -0.2) is 17.5 Å². The number of alkyl halides is 2. The van der Waals surface area contributed by atoms with Crippen LogP contribution in [0.2, 0.25) is 0 Å². The fourth-order valence-electron chi connectivity index (χ4n) is 1.57. The average molecular weight is 266 g/mol. The molecule has 4 nitrogen and oxygen atoms in total. The molecule has 2 aromatic rings. The summed E-state index contributed by atoms with van der Waals surface area (Å²) >= 11 is 0. The molecule has 1 aromatic heterocycles. The Hall–Kier alpha value is -2.37. The molecule has 0 atom stereocenters. The summed E-state index contributed by atoms with van der Waals surface area (Å²) in [7, 11) is 0. The molecule has 1 heterocycles. The summed E-state index contributed by atoms with van der Waals surface area (Å²) in [5.74, 6) is -0.384. The van der Waals surface area contributed by atoms with Gasteiger partial charge in [-0.2, -0.15) is 8.78 Å². The molecule has 0 fully saturated rings. The van der Waals surface area contributed by atoms with Gasteiger partial charge in [0.2, 0.25) is 0 Å². The van der Waals surface area contributed by atoms with Crippen molar-refractivity contribution in [1.29, 1.82) is 0 Å². The first-order valence-corrected chi connectivity index (χ1v) is 5.60. The quantitative estimate of drug-likeness (QED) is 0.873. The Kier molecular flexibility index (Phi) is 4.12. The van der Waals surface area contributed by atoms with E-state index in [0.717, 1.165) is 5.56 Å². The lowest BCUT2D eigenvalue weighted by Gasteiger charge is -2.07. The van der Waals surface area contributed by atoms with Gasteiger partial charge in [-0.1, -0.05) is 6.07 Å². The molecule has 0 aliphatic carbocycles. The number of amides is 1. The largest absolute Gasteiger partial charge is 0.435 e. The maximum absolute atomic E-state index is 12.1. The standard InChI is InChI=1S/C13H12F2N2O2/c14-13(15)19-11-3-1-2-10(6-11)12(18)17-8-9-4-5-16-7-9/h1-7,13,16H,8H2,(H,17,18). The van der Waals surface area contributed by atoms with Gasteiger partial charge in [-0.05, 0) is 29.8 Å². The zero-order chi connectivity index (χ0) is 13.7. The number of carbonyl (C=O) groups excluding carboxylic acids is 1. The highest BCUT2D eigenvalue weighted by Crippen LogP contribution is 2.15. The molecule has 0 saturated carbocycles. The summed E-state index contributed by atoms with van der Waals surface area (Å²) in [4.78, 5) is 14.7. The maximum Gasteiger partial charge on any atom is 0.387 e. The SMILES string of the molecule is O=C(NCc1cc[nH]c1)c1cccc(OC(F)F)c1. The van der Waals surface area contributed by atoms with Crippen molar-refractivity contribution in [2.45, 2.75) is 13.2 Å². The van der Waals surface area contributed by atoms with Gasteiger partial charge in [0, 0.05) is 24.5 Å². The van der Waals surface area contributed by atoms with Crippen molar-refractivity contribution in [2.24, 2.45) is 0 Å². The van der Waals surface area contributed by atoms with Crippen LogP contribution in [0.15, 0.2) is 42.7 Å². The van der Waals surface area contributed by atoms with Gasteiger partial charge in [-0.15, -0.1) is 0 Å². The minimum absolute atomic E-state index is 0.0377. The van der Waals surface area contributed by atoms with Crippen molar-refractivity contribution >= 4 is 5.91 Å². The second-order valence-corrected chi connectivity index (χ2v) is 3.81. The summed E-state index contributed by atoms with van der Waals surface area (Å²) in [6.07, 6.45) is 3.51. The molecule has 0 radical (unpaired) electrons. The highest BCUT2D eigenvalue weighted by atomic mass is 19.3. The van der Waals surface area contributed by atoms with E-state index < -0.39 is 6.61 Å². The fourth-order valence-corrected chi connectivity index (χ4v) is 1.57. The Morgan fingerprint density at radius 1 is 1.37 bits per heavy atom. The number of H-pyrrole nitrogens is 1. The molecule has 0 bridgehead atoms. The van der Waals surface area contributed by atoms with Crippen LogP contribution in [0.4, 0.5) is 8.78 Å². The van der Waals surface area contributed by atoms with Crippen molar-refractivity contribution < 1.29 is 18.3 Å². The van der Waals surface area contributed by atoms with Gasteiger partial charge in [0.15, 0.2) is 0 Å². The summed E-state index contributed by atoms with van der Waals surface area (Å²) in [5.41, 5.74) is 1.20. The highest BCUT2D eigenvalue weighted by molar-refractivity contribution is 5.94. The van der Waals surface area contributed by atoms with E-state index in [1.807, 2.05) is 6.07 Å². The number of halogens is 2. The first-order valence-electron chi connectivity index (χ1n) is 5.60. The molecular formula is C13H12F2N2O2. The number of hydrogen-bond acceptors (Lipinski definition) is 2. The Bertz CT molecular complexity index is 541. The highest BCUT2D eigenvalue weighted by Gasteiger charge is 2.09. The van der Waals surface area contributed by atoms with Crippen LogP contribution in [0.1, 0.15) is 15.9 Å². The molecule has 0 spiro atoms. The second-order valence-electron chi connectivity index (χ2n) is 3.81. The van der Waals surface area contributed by atoms with Gasteiger partial charge in [0.1, 0.15) is 5.75 Å². The van der Waals surface area contributed by atoms with Crippen LogP contribution in [0.3, 0.4) is 0 Å². The molecule has 0 saturated heterocycles. The average Bonchev–Trinajstić information content (AvgIpc) is 2.88. The molecule has 0 aliphatic rings. The Balaban J connectivity index is 1.98. The summed E-state index contributed by atoms with van der Waals surface area (Å²) in [6, 6.07) is 7.50. The summed E-state index contributed by atoms with van der Waals surface area (Å²) in [5, 5.41) is 2.68. The molecule has 6 heteroatoms. The molecule has 100 valence electrons. The van der Waals surface area contributed by atoms with Gasteiger partial charge in [0.25, 0.3) is 5.91 Å². The smallest absolute Gasteiger partial charge is 0.387 e. The van der Waals surface area contributed by atoms with Crippen LogP contribution >= 0.6 is 0 Å². The van der Waals surface area contributed by atoms with E-state index in [4.69, 9.17) is 0 Å². The lowest BCUT2D eigenvalue weighted by Crippen LogP contribution is -2.22. The number of hydrogen-bond donors (Lipinski definition) is 2. The van der Waals surface area contributed by atoms with Crippen LogP contribution in [0, 0.1) is 0 Å². The number of aromatic amines is 1. The van der Waals surface area contributed by atoms with Crippen molar-refractivity contribution in [2.75, 3.05) is 0 Å². The zero-order valence-corrected chi connectivity index (χ0v) is 9.90. The molecule has 19 heavy (non-hydrogen) atoms. The first-order chi connectivity index (χ1) is 9.15. The summed E-state index contributed by atoms with van der Waals surface area (Å²) < 4.78 is 28.4. The molecule has 0 unspecified atom stereocenters. The number of nitrogens with one attached hydrogen (secondary N) is 2. The van der Waals surface area contributed by atoms with Crippen molar-refractivity contribution in [3.63, 3.8) is 0 Å². The monoisotopic (exact) mass is 266 g/mol. The van der Waals surface area contributed by atoms with E-state index in [1.54, 1.807) is 12.4 Å². The van der Waals surface area contributed by atoms with Gasteiger partial charge in [-0.3, -0.25) is 4.79 Å². The minimum Gasteiger partial charge on any atom is -0.435 e. The normalized spacial score (nSPS) is 10.5. The number of benzene rings is 1. The molecule has 1 aromatic carbocycles. The lowest BCUT2D eigenvalue weighted by atomic mass is 10.2. The van der Waals surface area contributed by atoms with Gasteiger partial charge in [-0.25, -0.2) is 0 Å². The zero-order valence-electron chi connectivity index (χ0n) is 9.90. The predicted octanol–water partition coefficient (Wildman–Crippen LogP) is 2.55. The molecular weight excluding hydrogens is 254 g/mol. The van der Waals surface area contributed by atoms with Crippen LogP contribution in [-0.2, 0) is 6.54 Å². The van der Waals surface area contributed by atoms with Gasteiger partial charge >= 0.3 is 6.61 Å². The number of aromatic nitrogens is 1. The second kappa shape index (κ2) is 5.99. The van der Waals surface area contributed by atoms with Crippen LogP contribution in [0.25, 0.3) is 0 Å². The van der Waals surface area contributed by atoms with Gasteiger partial charge in [0.05, 0.1) is 0 Å².